The predicted molar refractivity (Wildman–Crippen MR) is 84.6 cm³/mol. The molecule has 0 radical (unpaired) electrons. The van der Waals surface area contributed by atoms with Gasteiger partial charge in [0, 0.05) is 18.1 Å². The molecule has 6 heteroatoms. The van der Waals surface area contributed by atoms with Crippen LogP contribution in [0.15, 0.2) is 29.4 Å². The van der Waals surface area contributed by atoms with Crippen LogP contribution in [0.1, 0.15) is 44.6 Å². The number of hydrazone groups is 1. The first-order valence-corrected chi connectivity index (χ1v) is 7.69. The Bertz CT molecular complexity index is 554. The minimum Gasteiger partial charge on any atom is -0.273 e. The lowest BCUT2D eigenvalue weighted by Gasteiger charge is -1.99. The first-order valence-electron chi connectivity index (χ1n) is 7.69. The molecule has 6 nitrogen and oxygen atoms in total. The molecule has 2 rings (SSSR count). The van der Waals surface area contributed by atoms with Crippen LogP contribution in [0.25, 0.3) is 0 Å². The van der Waals surface area contributed by atoms with E-state index in [9.17, 15) is 14.9 Å². The van der Waals surface area contributed by atoms with Crippen molar-refractivity contribution in [1.82, 2.24) is 5.43 Å². The summed E-state index contributed by atoms with van der Waals surface area (Å²) in [7, 11) is 0. The smallest absolute Gasteiger partial charge is 0.269 e. The maximum absolute atomic E-state index is 11.9. The summed E-state index contributed by atoms with van der Waals surface area (Å²) in [4.78, 5) is 22.0. The normalized spacial score (nSPS) is 20.0. The van der Waals surface area contributed by atoms with Crippen LogP contribution >= 0.6 is 0 Å². The molecule has 1 aliphatic carbocycles. The summed E-state index contributed by atoms with van der Waals surface area (Å²) >= 11 is 0. The van der Waals surface area contributed by atoms with E-state index in [2.05, 4.69) is 17.5 Å². The van der Waals surface area contributed by atoms with Gasteiger partial charge in [0.05, 0.1) is 11.1 Å². The number of nitrogens with one attached hydrogen (secondary N) is 1. The Labute approximate surface area is 129 Å². The van der Waals surface area contributed by atoms with Crippen LogP contribution in [0.4, 0.5) is 5.69 Å². The highest BCUT2D eigenvalue weighted by molar-refractivity contribution is 5.84. The second-order valence-electron chi connectivity index (χ2n) is 5.68. The molecule has 1 amide bonds. The fraction of sp³-hybridized carbons (Fsp3) is 0.500. The molecule has 0 spiro atoms. The lowest BCUT2D eigenvalue weighted by atomic mass is 10.1. The zero-order valence-electron chi connectivity index (χ0n) is 12.7. The minimum absolute atomic E-state index is 0.0281. The third-order valence-electron chi connectivity index (χ3n) is 3.93. The summed E-state index contributed by atoms with van der Waals surface area (Å²) in [5.41, 5.74) is 3.29. The Morgan fingerprint density at radius 3 is 2.77 bits per heavy atom. The van der Waals surface area contributed by atoms with Crippen molar-refractivity contribution in [2.24, 2.45) is 16.9 Å². The number of amides is 1. The van der Waals surface area contributed by atoms with E-state index in [0.717, 1.165) is 12.8 Å². The molecule has 0 aliphatic heterocycles. The van der Waals surface area contributed by atoms with Crippen molar-refractivity contribution in [2.45, 2.75) is 39.0 Å². The van der Waals surface area contributed by atoms with Gasteiger partial charge in [-0.1, -0.05) is 26.2 Å². The van der Waals surface area contributed by atoms with Crippen LogP contribution in [0.3, 0.4) is 0 Å². The molecule has 0 saturated heterocycles. The maximum atomic E-state index is 11.9. The molecular formula is C16H21N3O3. The molecule has 1 aliphatic rings. The van der Waals surface area contributed by atoms with Gasteiger partial charge in [0.25, 0.3) is 5.69 Å². The van der Waals surface area contributed by atoms with Gasteiger partial charge in [-0.3, -0.25) is 14.9 Å². The SMILES string of the molecule is CCCCC[C@H]1C[C@@H]1C(=O)N/N=C\c1ccc([N+](=O)[O-])cc1. The quantitative estimate of drug-likeness (QED) is 0.346. The minimum atomic E-state index is -0.450. The van der Waals surface area contributed by atoms with Gasteiger partial charge in [-0.25, -0.2) is 5.43 Å². The number of hydrogen-bond donors (Lipinski definition) is 1. The van der Waals surface area contributed by atoms with E-state index in [1.165, 1.54) is 37.6 Å². The lowest BCUT2D eigenvalue weighted by Crippen LogP contribution is -2.20. The largest absolute Gasteiger partial charge is 0.273 e. The number of nitro groups is 1. The Balaban J connectivity index is 1.73. The van der Waals surface area contributed by atoms with Crippen LogP contribution in [-0.4, -0.2) is 17.0 Å². The van der Waals surface area contributed by atoms with E-state index in [0.29, 0.717) is 11.5 Å². The number of nitrogens with zero attached hydrogens (tertiary/aromatic N) is 2. The topological polar surface area (TPSA) is 84.6 Å². The summed E-state index contributed by atoms with van der Waals surface area (Å²) in [5, 5.41) is 14.5. The van der Waals surface area contributed by atoms with E-state index in [1.807, 2.05) is 0 Å². The number of nitro benzene ring substituents is 1. The predicted octanol–water partition coefficient (Wildman–Crippen LogP) is 3.26. The van der Waals surface area contributed by atoms with E-state index >= 15 is 0 Å². The van der Waals surface area contributed by atoms with Crippen molar-refractivity contribution in [3.63, 3.8) is 0 Å². The van der Waals surface area contributed by atoms with Crippen molar-refractivity contribution in [2.75, 3.05) is 0 Å². The average molecular weight is 303 g/mol. The van der Waals surface area contributed by atoms with Crippen molar-refractivity contribution >= 4 is 17.8 Å². The molecule has 118 valence electrons. The lowest BCUT2D eigenvalue weighted by molar-refractivity contribution is -0.384. The fourth-order valence-corrected chi connectivity index (χ4v) is 2.48. The molecule has 1 N–H and O–H groups in total. The van der Waals surface area contributed by atoms with Crippen LogP contribution in [0, 0.1) is 22.0 Å². The molecule has 22 heavy (non-hydrogen) atoms. The van der Waals surface area contributed by atoms with E-state index < -0.39 is 4.92 Å². The molecule has 1 aromatic rings. The van der Waals surface area contributed by atoms with E-state index in [1.54, 1.807) is 12.1 Å². The fourth-order valence-electron chi connectivity index (χ4n) is 2.48. The first kappa shape index (κ1) is 16.1. The van der Waals surface area contributed by atoms with Gasteiger partial charge in [-0.2, -0.15) is 5.10 Å². The standard InChI is InChI=1S/C16H21N3O3/c1-2-3-4-5-13-10-15(13)16(20)18-17-11-12-6-8-14(9-7-12)19(21)22/h6-9,11,13,15H,2-5,10H2,1H3,(H,18,20)/b17-11-/t13-,15-/m0/s1. The zero-order valence-corrected chi connectivity index (χ0v) is 12.7. The van der Waals surface area contributed by atoms with Gasteiger partial charge in [0.1, 0.15) is 0 Å². The van der Waals surface area contributed by atoms with E-state index in [4.69, 9.17) is 0 Å². The summed E-state index contributed by atoms with van der Waals surface area (Å²) in [6, 6.07) is 6.01. The third kappa shape index (κ3) is 4.65. The molecule has 1 fully saturated rings. The number of hydrogen-bond acceptors (Lipinski definition) is 4. The second kappa shape index (κ2) is 7.68. The molecule has 1 saturated carbocycles. The molecular weight excluding hydrogens is 282 g/mol. The highest BCUT2D eigenvalue weighted by atomic mass is 16.6. The van der Waals surface area contributed by atoms with Crippen LogP contribution in [0.2, 0.25) is 0 Å². The van der Waals surface area contributed by atoms with Gasteiger partial charge in [-0.05, 0) is 36.5 Å². The maximum Gasteiger partial charge on any atom is 0.269 e. The average Bonchev–Trinajstić information content (AvgIpc) is 3.27. The van der Waals surface area contributed by atoms with Crippen molar-refractivity contribution in [3.8, 4) is 0 Å². The van der Waals surface area contributed by atoms with E-state index in [-0.39, 0.29) is 17.5 Å². The third-order valence-corrected chi connectivity index (χ3v) is 3.93. The summed E-state index contributed by atoms with van der Waals surface area (Å²) in [6.07, 6.45) is 7.19. The highest BCUT2D eigenvalue weighted by Crippen LogP contribution is 2.42. The Morgan fingerprint density at radius 2 is 2.14 bits per heavy atom. The van der Waals surface area contributed by atoms with Crippen LogP contribution in [-0.2, 0) is 4.79 Å². The van der Waals surface area contributed by atoms with Crippen molar-refractivity contribution < 1.29 is 9.72 Å². The summed E-state index contributed by atoms with van der Waals surface area (Å²) in [6.45, 7) is 2.17. The van der Waals surface area contributed by atoms with Gasteiger partial charge >= 0.3 is 0 Å². The molecule has 1 aromatic carbocycles. The monoisotopic (exact) mass is 303 g/mol. The van der Waals surface area contributed by atoms with Crippen LogP contribution < -0.4 is 5.43 Å². The molecule has 2 atom stereocenters. The number of carbonyl (C=O) groups excluding carboxylic acids is 1. The number of unbranched alkanes of at least 4 members (excludes halogenated alkanes) is 2. The Kier molecular flexibility index (Phi) is 5.63. The highest BCUT2D eigenvalue weighted by Gasteiger charge is 2.41. The number of carbonyl (C=O) groups is 1. The number of benzene rings is 1. The van der Waals surface area contributed by atoms with Gasteiger partial charge in [-0.15, -0.1) is 0 Å². The number of non-ortho nitro benzene ring substituents is 1. The van der Waals surface area contributed by atoms with Crippen molar-refractivity contribution in [1.29, 1.82) is 0 Å². The Hall–Kier alpha value is -2.24. The number of rotatable bonds is 8. The summed E-state index contributed by atoms with van der Waals surface area (Å²) < 4.78 is 0. The summed E-state index contributed by atoms with van der Waals surface area (Å²) in [5.74, 6) is 0.589. The van der Waals surface area contributed by atoms with Gasteiger partial charge < -0.3 is 0 Å². The molecule has 0 bridgehead atoms. The molecule has 0 heterocycles. The zero-order chi connectivity index (χ0) is 15.9. The Morgan fingerprint density at radius 1 is 1.41 bits per heavy atom. The van der Waals surface area contributed by atoms with Crippen molar-refractivity contribution in [3.05, 3.63) is 39.9 Å². The van der Waals surface area contributed by atoms with Gasteiger partial charge in [0.2, 0.25) is 5.91 Å². The first-order chi connectivity index (χ1) is 10.6. The van der Waals surface area contributed by atoms with Gasteiger partial charge in [0.15, 0.2) is 0 Å². The van der Waals surface area contributed by atoms with Crippen LogP contribution in [0.5, 0.6) is 0 Å². The second-order valence-corrected chi connectivity index (χ2v) is 5.68. The molecule has 0 aromatic heterocycles. The molecule has 0 unspecified atom stereocenters.